The van der Waals surface area contributed by atoms with Crippen LogP contribution in [0.1, 0.15) is 52.4 Å². The maximum absolute atomic E-state index is 12.4. The highest BCUT2D eigenvalue weighted by Gasteiger charge is 2.27. The summed E-state index contributed by atoms with van der Waals surface area (Å²) >= 11 is 0. The highest BCUT2D eigenvalue weighted by molar-refractivity contribution is 5.91. The lowest BCUT2D eigenvalue weighted by Gasteiger charge is -2.21. The number of carbonyl (C=O) groups excluding carboxylic acids is 1. The Kier molecular flexibility index (Phi) is 12.5. The molecule has 0 aromatic heterocycles. The number of unbranched alkanes of at least 4 members (excludes halogenated alkanes) is 1. The number of carbonyl (C=O) groups is 1. The Bertz CT molecular complexity index is 1520. The minimum Gasteiger partial charge on any atom is -0.493 e. The molecule has 1 atom stereocenters. The third-order valence-electron chi connectivity index (χ3n) is 6.73. The van der Waals surface area contributed by atoms with Crippen molar-refractivity contribution in [2.45, 2.75) is 31.5 Å². The SMILES string of the molecule is Nc1cc(N)cc(C(=O)OCCCCOC/C=C/c2ccc(OC(c3ccccc3)c3ccc(OCCC(F)(F)F)cc3)cc2)c1. The van der Waals surface area contributed by atoms with Gasteiger partial charge in [0.05, 0.1) is 31.8 Å². The second kappa shape index (κ2) is 16.9. The van der Waals surface area contributed by atoms with Crippen molar-refractivity contribution >= 4 is 23.4 Å². The van der Waals surface area contributed by atoms with Crippen LogP contribution in [-0.2, 0) is 9.47 Å². The Hall–Kier alpha value is -4.96. The molecule has 0 heterocycles. The van der Waals surface area contributed by atoms with Crippen molar-refractivity contribution in [2.24, 2.45) is 0 Å². The molecule has 0 spiro atoms. The summed E-state index contributed by atoms with van der Waals surface area (Å²) in [5.74, 6) is 0.564. The van der Waals surface area contributed by atoms with Crippen molar-refractivity contribution < 1.29 is 36.9 Å². The van der Waals surface area contributed by atoms with Gasteiger partial charge in [-0.25, -0.2) is 4.79 Å². The minimum absolute atomic E-state index is 0.275. The fraction of sp³-hybridized carbons (Fsp3) is 0.250. The number of alkyl halides is 3. The fourth-order valence-electron chi connectivity index (χ4n) is 4.46. The normalized spacial score (nSPS) is 12.2. The number of anilines is 2. The number of benzene rings is 4. The summed E-state index contributed by atoms with van der Waals surface area (Å²) in [6, 6.07) is 28.8. The molecule has 0 saturated heterocycles. The van der Waals surface area contributed by atoms with Crippen LogP contribution in [0.3, 0.4) is 0 Å². The number of nitrogens with two attached hydrogens (primary N) is 2. The molecule has 1 unspecified atom stereocenters. The molecule has 0 fully saturated rings. The number of rotatable bonds is 16. The van der Waals surface area contributed by atoms with Gasteiger partial charge in [0.1, 0.15) is 17.6 Å². The molecule has 4 N–H and O–H groups in total. The third-order valence-corrected chi connectivity index (χ3v) is 6.73. The molecular formula is C36H37F3N2O5. The van der Waals surface area contributed by atoms with Gasteiger partial charge in [-0.15, -0.1) is 0 Å². The van der Waals surface area contributed by atoms with Crippen molar-refractivity contribution in [3.8, 4) is 11.5 Å². The summed E-state index contributed by atoms with van der Waals surface area (Å²) in [6.07, 6.45) is -0.420. The van der Waals surface area contributed by atoms with Gasteiger partial charge in [-0.3, -0.25) is 0 Å². The van der Waals surface area contributed by atoms with Gasteiger partial charge in [0.15, 0.2) is 0 Å². The predicted molar refractivity (Wildman–Crippen MR) is 173 cm³/mol. The predicted octanol–water partition coefficient (Wildman–Crippen LogP) is 8.02. The summed E-state index contributed by atoms with van der Waals surface area (Å²) in [7, 11) is 0. The Morgan fingerprint density at radius 1 is 0.761 bits per heavy atom. The summed E-state index contributed by atoms with van der Waals surface area (Å²) in [5, 5.41) is 0. The van der Waals surface area contributed by atoms with Crippen LogP contribution < -0.4 is 20.9 Å². The molecule has 0 aliphatic rings. The lowest BCUT2D eigenvalue weighted by Crippen LogP contribution is -2.13. The van der Waals surface area contributed by atoms with Crippen molar-refractivity contribution in [3.63, 3.8) is 0 Å². The lowest BCUT2D eigenvalue weighted by molar-refractivity contribution is -0.139. The molecule has 0 aliphatic carbocycles. The molecule has 4 rings (SSSR count). The second-order valence-electron chi connectivity index (χ2n) is 10.5. The number of hydrogen-bond donors (Lipinski definition) is 2. The zero-order valence-corrected chi connectivity index (χ0v) is 25.2. The minimum atomic E-state index is -4.26. The number of esters is 1. The van der Waals surface area contributed by atoms with Gasteiger partial charge in [-0.1, -0.05) is 66.7 Å². The Morgan fingerprint density at radius 3 is 2.07 bits per heavy atom. The van der Waals surface area contributed by atoms with Crippen LogP contribution in [0.5, 0.6) is 11.5 Å². The maximum atomic E-state index is 12.4. The molecule has 0 saturated carbocycles. The molecule has 0 aliphatic heterocycles. The van der Waals surface area contributed by atoms with E-state index in [9.17, 15) is 18.0 Å². The van der Waals surface area contributed by atoms with E-state index < -0.39 is 31.3 Å². The Balaban J connectivity index is 1.20. The van der Waals surface area contributed by atoms with Crippen LogP contribution >= 0.6 is 0 Å². The molecule has 10 heteroatoms. The molecule has 46 heavy (non-hydrogen) atoms. The second-order valence-corrected chi connectivity index (χ2v) is 10.5. The number of halogens is 3. The van der Waals surface area contributed by atoms with E-state index in [4.69, 9.17) is 30.4 Å². The first-order valence-corrected chi connectivity index (χ1v) is 14.8. The first kappa shape index (κ1) is 33.9. The van der Waals surface area contributed by atoms with Crippen molar-refractivity contribution in [1.82, 2.24) is 0 Å². The van der Waals surface area contributed by atoms with Crippen molar-refractivity contribution in [2.75, 3.05) is 37.9 Å². The van der Waals surface area contributed by atoms with E-state index in [2.05, 4.69) is 0 Å². The average Bonchev–Trinajstić information content (AvgIpc) is 3.03. The van der Waals surface area contributed by atoms with Crippen LogP contribution in [-0.4, -0.2) is 38.6 Å². The van der Waals surface area contributed by atoms with Gasteiger partial charge in [-0.2, -0.15) is 13.2 Å². The summed E-state index contributed by atoms with van der Waals surface area (Å²) in [5.41, 5.74) is 15.3. The summed E-state index contributed by atoms with van der Waals surface area (Å²) in [6.45, 7) is 0.807. The molecule has 4 aromatic carbocycles. The van der Waals surface area contributed by atoms with Gasteiger partial charge in [0, 0.05) is 18.0 Å². The first-order chi connectivity index (χ1) is 22.2. The molecule has 0 amide bonds. The monoisotopic (exact) mass is 634 g/mol. The average molecular weight is 635 g/mol. The number of nitrogen functional groups attached to an aromatic ring is 2. The Morgan fingerprint density at radius 2 is 1.39 bits per heavy atom. The molecule has 0 radical (unpaired) electrons. The van der Waals surface area contributed by atoms with Crippen LogP contribution in [0.25, 0.3) is 6.08 Å². The van der Waals surface area contributed by atoms with E-state index in [0.717, 1.165) is 23.1 Å². The van der Waals surface area contributed by atoms with E-state index in [0.29, 0.717) is 48.1 Å². The van der Waals surface area contributed by atoms with Crippen LogP contribution in [0.4, 0.5) is 24.5 Å². The van der Waals surface area contributed by atoms with Gasteiger partial charge < -0.3 is 30.4 Å². The smallest absolute Gasteiger partial charge is 0.392 e. The van der Waals surface area contributed by atoms with E-state index in [1.165, 1.54) is 12.1 Å². The Labute approximate surface area is 266 Å². The standard InChI is InChI=1S/C36H37F3N2O5/c37-36(38,39)18-22-44-32-16-12-28(13-17-32)34(27-8-2-1-3-9-27)46-33-14-10-26(11-15-33)7-6-20-43-19-4-5-21-45-35(42)29-23-30(40)25-31(41)24-29/h1-3,6-17,23-25,34H,4-5,18-22,40-41H2/b7-6+. The van der Waals surface area contributed by atoms with Gasteiger partial charge in [0.25, 0.3) is 0 Å². The van der Waals surface area contributed by atoms with E-state index >= 15 is 0 Å². The first-order valence-electron chi connectivity index (χ1n) is 14.8. The maximum Gasteiger partial charge on any atom is 0.392 e. The lowest BCUT2D eigenvalue weighted by atomic mass is 10.0. The fourth-order valence-corrected chi connectivity index (χ4v) is 4.46. The summed E-state index contributed by atoms with van der Waals surface area (Å²) in [4.78, 5) is 12.1. The van der Waals surface area contributed by atoms with Crippen molar-refractivity contribution in [3.05, 3.63) is 125 Å². The highest BCUT2D eigenvalue weighted by Crippen LogP contribution is 2.30. The topological polar surface area (TPSA) is 106 Å². The molecular weight excluding hydrogens is 597 g/mol. The van der Waals surface area contributed by atoms with Crippen LogP contribution in [0.15, 0.2) is 103 Å². The van der Waals surface area contributed by atoms with E-state index in [1.54, 1.807) is 30.3 Å². The van der Waals surface area contributed by atoms with Gasteiger partial charge in [-0.05, 0) is 72.0 Å². The number of hydrogen-bond acceptors (Lipinski definition) is 7. The van der Waals surface area contributed by atoms with E-state index in [1.807, 2.05) is 66.7 Å². The summed E-state index contributed by atoms with van der Waals surface area (Å²) < 4.78 is 59.9. The van der Waals surface area contributed by atoms with Crippen LogP contribution in [0, 0.1) is 0 Å². The molecule has 7 nitrogen and oxygen atoms in total. The number of ether oxygens (including phenoxy) is 4. The molecule has 242 valence electrons. The third kappa shape index (κ3) is 11.5. The zero-order valence-electron chi connectivity index (χ0n) is 25.2. The van der Waals surface area contributed by atoms with Crippen molar-refractivity contribution in [1.29, 1.82) is 0 Å². The largest absolute Gasteiger partial charge is 0.493 e. The molecule has 4 aromatic rings. The van der Waals surface area contributed by atoms with E-state index in [-0.39, 0.29) is 6.61 Å². The van der Waals surface area contributed by atoms with Crippen LogP contribution in [0.2, 0.25) is 0 Å². The van der Waals surface area contributed by atoms with Gasteiger partial charge in [0.2, 0.25) is 0 Å². The quantitative estimate of drug-likeness (QED) is 0.0731. The van der Waals surface area contributed by atoms with Gasteiger partial charge >= 0.3 is 12.1 Å². The zero-order chi connectivity index (χ0) is 32.8. The highest BCUT2D eigenvalue weighted by atomic mass is 19.4. The molecule has 0 bridgehead atoms.